The molecule has 0 fully saturated rings. The van der Waals surface area contributed by atoms with E-state index in [4.69, 9.17) is 0 Å². The van der Waals surface area contributed by atoms with Crippen LogP contribution in [0.25, 0.3) is 0 Å². The van der Waals surface area contributed by atoms with Crippen LogP contribution in [0.3, 0.4) is 0 Å². The summed E-state index contributed by atoms with van der Waals surface area (Å²) in [6.07, 6.45) is 0. The van der Waals surface area contributed by atoms with Crippen LogP contribution in [0, 0.1) is 20.2 Å². The van der Waals surface area contributed by atoms with Gasteiger partial charge in [0.25, 0.3) is 11.4 Å². The molecule has 2 amide bonds. The number of benzene rings is 1. The second-order valence-corrected chi connectivity index (χ2v) is 3.82. The molecular weight excluding hydrogens is 268 g/mol. The van der Waals surface area contributed by atoms with E-state index in [2.05, 4.69) is 5.32 Å². The number of carbonyl (C=O) groups excluding carboxylic acids is 1. The van der Waals surface area contributed by atoms with Crippen LogP contribution >= 0.6 is 0 Å². The van der Waals surface area contributed by atoms with Crippen LogP contribution in [0.2, 0.25) is 0 Å². The number of nitrogens with one attached hydrogen (secondary N) is 1. The normalized spacial score (nSPS) is 9.90. The maximum absolute atomic E-state index is 11.8. The third-order valence-corrected chi connectivity index (χ3v) is 2.68. The number of amides is 2. The van der Waals surface area contributed by atoms with Crippen LogP contribution in [0.15, 0.2) is 18.2 Å². The van der Waals surface area contributed by atoms with Crippen molar-refractivity contribution in [2.24, 2.45) is 0 Å². The van der Waals surface area contributed by atoms with E-state index in [1.54, 1.807) is 13.8 Å². The Morgan fingerprint density at radius 2 is 1.80 bits per heavy atom. The molecule has 0 aliphatic rings. The quantitative estimate of drug-likeness (QED) is 0.656. The summed E-state index contributed by atoms with van der Waals surface area (Å²) in [4.78, 5) is 33.3. The molecule has 1 aromatic rings. The van der Waals surface area contributed by atoms with Gasteiger partial charge < -0.3 is 10.2 Å². The lowest BCUT2D eigenvalue weighted by molar-refractivity contribution is -0.393. The Morgan fingerprint density at radius 1 is 1.20 bits per heavy atom. The third-order valence-electron chi connectivity index (χ3n) is 2.68. The zero-order chi connectivity index (χ0) is 15.3. The van der Waals surface area contributed by atoms with Crippen LogP contribution < -0.4 is 5.32 Å². The smallest absolute Gasteiger partial charge is 0.322 e. The Bertz CT molecular complexity index is 542. The fourth-order valence-corrected chi connectivity index (χ4v) is 1.60. The molecule has 0 saturated heterocycles. The average molecular weight is 282 g/mol. The van der Waals surface area contributed by atoms with E-state index in [9.17, 15) is 25.0 Å². The number of nitro benzene ring substituents is 2. The van der Waals surface area contributed by atoms with Gasteiger partial charge in [-0.2, -0.15) is 0 Å². The Balaban J connectivity index is 3.09. The minimum absolute atomic E-state index is 0.0718. The highest BCUT2D eigenvalue weighted by Crippen LogP contribution is 2.29. The predicted octanol–water partition coefficient (Wildman–Crippen LogP) is 2.38. The Labute approximate surface area is 114 Å². The summed E-state index contributed by atoms with van der Waals surface area (Å²) in [6, 6.07) is 2.58. The SMILES string of the molecule is CCN(CC)C(=O)Nc1ccc([N+](=O)[O-])cc1[N+](=O)[O-]. The van der Waals surface area contributed by atoms with E-state index in [0.717, 1.165) is 18.2 Å². The molecule has 9 nitrogen and oxygen atoms in total. The molecule has 0 radical (unpaired) electrons. The summed E-state index contributed by atoms with van der Waals surface area (Å²) in [5.41, 5.74) is -0.991. The first-order chi connectivity index (χ1) is 9.40. The summed E-state index contributed by atoms with van der Waals surface area (Å²) in [5.74, 6) is 0. The number of hydrogen-bond donors (Lipinski definition) is 1. The second-order valence-electron chi connectivity index (χ2n) is 3.82. The highest BCUT2D eigenvalue weighted by molar-refractivity contribution is 5.92. The van der Waals surface area contributed by atoms with E-state index in [1.165, 1.54) is 4.90 Å². The monoisotopic (exact) mass is 282 g/mol. The van der Waals surface area contributed by atoms with Gasteiger partial charge in [-0.1, -0.05) is 0 Å². The lowest BCUT2D eigenvalue weighted by Gasteiger charge is -2.19. The molecule has 9 heteroatoms. The molecule has 0 spiro atoms. The van der Waals surface area contributed by atoms with Crippen molar-refractivity contribution in [1.82, 2.24) is 4.90 Å². The van der Waals surface area contributed by atoms with E-state index < -0.39 is 27.3 Å². The van der Waals surface area contributed by atoms with Crippen LogP contribution in [-0.2, 0) is 0 Å². The number of carbonyl (C=O) groups is 1. The molecule has 0 heterocycles. The summed E-state index contributed by atoms with van der Waals surface area (Å²) in [7, 11) is 0. The number of hydrogen-bond acceptors (Lipinski definition) is 5. The van der Waals surface area contributed by atoms with Crippen molar-refractivity contribution in [3.05, 3.63) is 38.4 Å². The van der Waals surface area contributed by atoms with Crippen LogP contribution in [0.5, 0.6) is 0 Å². The van der Waals surface area contributed by atoms with Crippen molar-refractivity contribution >= 4 is 23.1 Å². The lowest BCUT2D eigenvalue weighted by atomic mass is 10.2. The lowest BCUT2D eigenvalue weighted by Crippen LogP contribution is -2.34. The van der Waals surface area contributed by atoms with Crippen molar-refractivity contribution in [1.29, 1.82) is 0 Å². The Kier molecular flexibility index (Phi) is 4.95. The minimum Gasteiger partial charge on any atom is -0.325 e. The van der Waals surface area contributed by atoms with Crippen molar-refractivity contribution in [2.75, 3.05) is 18.4 Å². The molecule has 1 rings (SSSR count). The van der Waals surface area contributed by atoms with Gasteiger partial charge in [0.2, 0.25) is 0 Å². The van der Waals surface area contributed by atoms with Crippen molar-refractivity contribution in [3.63, 3.8) is 0 Å². The van der Waals surface area contributed by atoms with Crippen molar-refractivity contribution in [3.8, 4) is 0 Å². The summed E-state index contributed by atoms with van der Waals surface area (Å²) in [5, 5.41) is 23.9. The molecular formula is C11H14N4O5. The van der Waals surface area contributed by atoms with Gasteiger partial charge in [0.1, 0.15) is 5.69 Å². The van der Waals surface area contributed by atoms with Crippen molar-refractivity contribution < 1.29 is 14.6 Å². The molecule has 0 aromatic heterocycles. The molecule has 0 bridgehead atoms. The minimum atomic E-state index is -0.773. The molecule has 20 heavy (non-hydrogen) atoms. The van der Waals surface area contributed by atoms with Gasteiger partial charge in [-0.15, -0.1) is 0 Å². The van der Waals surface area contributed by atoms with Gasteiger partial charge >= 0.3 is 6.03 Å². The highest BCUT2D eigenvalue weighted by atomic mass is 16.6. The summed E-state index contributed by atoms with van der Waals surface area (Å²) >= 11 is 0. The number of nitrogens with zero attached hydrogens (tertiary/aromatic N) is 3. The van der Waals surface area contributed by atoms with E-state index in [-0.39, 0.29) is 5.69 Å². The molecule has 0 atom stereocenters. The third kappa shape index (κ3) is 3.40. The summed E-state index contributed by atoms with van der Waals surface area (Å²) in [6.45, 7) is 4.44. The molecule has 1 N–H and O–H groups in total. The van der Waals surface area contributed by atoms with Crippen LogP contribution in [0.4, 0.5) is 21.9 Å². The number of nitro groups is 2. The van der Waals surface area contributed by atoms with Gasteiger partial charge in [0, 0.05) is 19.2 Å². The van der Waals surface area contributed by atoms with Crippen molar-refractivity contribution in [2.45, 2.75) is 13.8 Å². The molecule has 0 aliphatic heterocycles. The molecule has 0 aliphatic carbocycles. The molecule has 0 unspecified atom stereocenters. The van der Waals surface area contributed by atoms with Crippen LogP contribution in [-0.4, -0.2) is 33.9 Å². The fraction of sp³-hybridized carbons (Fsp3) is 0.364. The van der Waals surface area contributed by atoms with Gasteiger partial charge in [-0.05, 0) is 19.9 Å². The number of rotatable bonds is 5. The number of anilines is 1. The van der Waals surface area contributed by atoms with E-state index in [1.807, 2.05) is 0 Å². The van der Waals surface area contributed by atoms with Gasteiger partial charge in [-0.3, -0.25) is 20.2 Å². The Morgan fingerprint density at radius 3 is 2.25 bits per heavy atom. The molecule has 1 aromatic carbocycles. The first kappa shape index (κ1) is 15.3. The Hall–Kier alpha value is -2.71. The zero-order valence-corrected chi connectivity index (χ0v) is 11.0. The number of non-ortho nitro benzene ring substituents is 1. The van der Waals surface area contributed by atoms with Gasteiger partial charge in [0.15, 0.2) is 0 Å². The fourth-order valence-electron chi connectivity index (χ4n) is 1.60. The maximum atomic E-state index is 11.8. The van der Waals surface area contributed by atoms with Gasteiger partial charge in [-0.25, -0.2) is 4.79 Å². The van der Waals surface area contributed by atoms with Gasteiger partial charge in [0.05, 0.1) is 15.9 Å². The largest absolute Gasteiger partial charge is 0.325 e. The molecule has 0 saturated carbocycles. The van der Waals surface area contributed by atoms with E-state index >= 15 is 0 Å². The maximum Gasteiger partial charge on any atom is 0.322 e. The first-order valence-electron chi connectivity index (χ1n) is 5.89. The average Bonchev–Trinajstić information content (AvgIpc) is 2.39. The second kappa shape index (κ2) is 6.45. The zero-order valence-electron chi connectivity index (χ0n) is 11.0. The summed E-state index contributed by atoms with van der Waals surface area (Å²) < 4.78 is 0. The number of urea groups is 1. The van der Waals surface area contributed by atoms with E-state index in [0.29, 0.717) is 13.1 Å². The highest BCUT2D eigenvalue weighted by Gasteiger charge is 2.21. The topological polar surface area (TPSA) is 119 Å². The predicted molar refractivity (Wildman–Crippen MR) is 71.7 cm³/mol. The first-order valence-corrected chi connectivity index (χ1v) is 5.89. The molecule has 108 valence electrons. The van der Waals surface area contributed by atoms with Crippen LogP contribution in [0.1, 0.15) is 13.8 Å². The standard InChI is InChI=1S/C11H14N4O5/c1-3-13(4-2)11(16)12-9-6-5-8(14(17)18)7-10(9)15(19)20/h5-7H,3-4H2,1-2H3,(H,12,16).